The Labute approximate surface area is 144 Å². The average molecular weight is 335 g/mol. The maximum Gasteiger partial charge on any atom is 0.248 e. The van der Waals surface area contributed by atoms with Crippen LogP contribution < -0.4 is 5.73 Å². The zero-order valence-corrected chi connectivity index (χ0v) is 13.5. The lowest BCUT2D eigenvalue weighted by molar-refractivity contribution is 0.100. The largest absolute Gasteiger partial charge is 0.465 e. The molecule has 1 aromatic carbocycles. The number of carbonyl (C=O) groups is 1. The molecular formula is C19H17N3O3. The first-order valence-corrected chi connectivity index (χ1v) is 8.06. The van der Waals surface area contributed by atoms with Gasteiger partial charge in [-0.3, -0.25) is 9.89 Å². The van der Waals surface area contributed by atoms with Crippen LogP contribution in [0.15, 0.2) is 60.3 Å². The zero-order valence-electron chi connectivity index (χ0n) is 13.5. The number of carbonyl (C=O) groups excluding carboxylic acids is 1. The van der Waals surface area contributed by atoms with Crippen LogP contribution in [0.3, 0.4) is 0 Å². The molecule has 3 N–H and O–H groups in total. The van der Waals surface area contributed by atoms with Crippen LogP contribution in [0.4, 0.5) is 0 Å². The van der Waals surface area contributed by atoms with E-state index in [-0.39, 0.29) is 0 Å². The van der Waals surface area contributed by atoms with E-state index in [9.17, 15) is 4.79 Å². The molecule has 6 nitrogen and oxygen atoms in total. The summed E-state index contributed by atoms with van der Waals surface area (Å²) >= 11 is 0. The van der Waals surface area contributed by atoms with E-state index in [0.717, 1.165) is 29.5 Å². The second-order valence-electron chi connectivity index (χ2n) is 5.97. The predicted octanol–water partition coefficient (Wildman–Crippen LogP) is 3.51. The van der Waals surface area contributed by atoms with Crippen molar-refractivity contribution in [2.75, 3.05) is 0 Å². The monoisotopic (exact) mass is 335 g/mol. The Balaban J connectivity index is 1.59. The minimum atomic E-state index is -0.485. The summed E-state index contributed by atoms with van der Waals surface area (Å²) in [6.45, 7) is 0. The third-order valence-electron chi connectivity index (χ3n) is 4.20. The summed E-state index contributed by atoms with van der Waals surface area (Å²) in [7, 11) is 0. The Hall–Kier alpha value is -3.28. The number of H-pyrrole nitrogens is 1. The molecular weight excluding hydrogens is 318 g/mol. The van der Waals surface area contributed by atoms with Crippen molar-refractivity contribution in [3.05, 3.63) is 71.5 Å². The topological polar surface area (TPSA) is 90.2 Å². The fourth-order valence-electron chi connectivity index (χ4n) is 2.92. The van der Waals surface area contributed by atoms with Gasteiger partial charge in [0.25, 0.3) is 0 Å². The Kier molecular flexibility index (Phi) is 3.85. The molecule has 0 fully saturated rings. The summed E-state index contributed by atoms with van der Waals surface area (Å²) in [6, 6.07) is 5.13. The average Bonchev–Trinajstić information content (AvgIpc) is 3.06. The standard InChI is InChI=1S/C19H17N3O3/c20-19(23)13-6-7-16-15(9-13)18(22-21-16)17-11-24-10-14(25-17)8-12-4-2-1-3-5-12/h1-2,4,6-7,9-11H,3,5,8H2,(H2,20,23)(H,21,22). The number of benzene rings is 1. The van der Waals surface area contributed by atoms with E-state index in [0.29, 0.717) is 23.4 Å². The Morgan fingerprint density at radius 1 is 1.32 bits per heavy atom. The molecule has 1 aliphatic carbocycles. The molecule has 0 atom stereocenters. The molecule has 0 spiro atoms. The number of aromatic nitrogens is 2. The van der Waals surface area contributed by atoms with Crippen LogP contribution in [0.1, 0.15) is 35.3 Å². The van der Waals surface area contributed by atoms with Crippen molar-refractivity contribution in [1.29, 1.82) is 0 Å². The van der Waals surface area contributed by atoms with Crippen molar-refractivity contribution in [3.8, 4) is 0 Å². The molecule has 2 aliphatic rings. The van der Waals surface area contributed by atoms with Gasteiger partial charge >= 0.3 is 0 Å². The molecule has 0 unspecified atom stereocenters. The number of aromatic amines is 1. The molecule has 4 rings (SSSR count). The van der Waals surface area contributed by atoms with E-state index in [1.54, 1.807) is 24.5 Å². The molecule has 25 heavy (non-hydrogen) atoms. The van der Waals surface area contributed by atoms with Gasteiger partial charge in [-0.1, -0.05) is 23.8 Å². The number of rotatable bonds is 4. The summed E-state index contributed by atoms with van der Waals surface area (Å²) in [6.07, 6.45) is 12.2. The molecule has 0 bridgehead atoms. The highest BCUT2D eigenvalue weighted by Crippen LogP contribution is 2.31. The zero-order chi connectivity index (χ0) is 17.2. The summed E-state index contributed by atoms with van der Waals surface area (Å²) < 4.78 is 11.4. The lowest BCUT2D eigenvalue weighted by Crippen LogP contribution is -2.10. The molecule has 2 aromatic rings. The number of primary amides is 1. The van der Waals surface area contributed by atoms with Crippen molar-refractivity contribution >= 4 is 22.6 Å². The molecule has 2 heterocycles. The van der Waals surface area contributed by atoms with Gasteiger partial charge in [0.05, 0.1) is 5.52 Å². The van der Waals surface area contributed by atoms with Gasteiger partial charge in [-0.15, -0.1) is 0 Å². The fraction of sp³-hybridized carbons (Fsp3) is 0.158. The maximum absolute atomic E-state index is 11.4. The number of nitrogens with zero attached hydrogens (tertiary/aromatic N) is 1. The summed E-state index contributed by atoms with van der Waals surface area (Å²) in [4.78, 5) is 11.4. The van der Waals surface area contributed by atoms with Crippen LogP contribution in [0.25, 0.3) is 16.7 Å². The van der Waals surface area contributed by atoms with Crippen LogP contribution >= 0.6 is 0 Å². The number of allylic oxidation sites excluding steroid dienone is 4. The van der Waals surface area contributed by atoms with E-state index >= 15 is 0 Å². The molecule has 6 heteroatoms. The molecule has 0 radical (unpaired) electrons. The quantitative estimate of drug-likeness (QED) is 0.894. The van der Waals surface area contributed by atoms with Crippen molar-refractivity contribution < 1.29 is 14.3 Å². The number of hydrogen-bond donors (Lipinski definition) is 2. The van der Waals surface area contributed by atoms with Crippen LogP contribution in [-0.2, 0) is 9.47 Å². The number of ether oxygens (including phenoxy) is 2. The molecule has 0 saturated carbocycles. The van der Waals surface area contributed by atoms with Crippen molar-refractivity contribution in [3.63, 3.8) is 0 Å². The maximum atomic E-state index is 11.4. The fourth-order valence-corrected chi connectivity index (χ4v) is 2.92. The number of nitrogens with two attached hydrogens (primary N) is 1. The van der Waals surface area contributed by atoms with Gasteiger partial charge in [0.1, 0.15) is 24.0 Å². The SMILES string of the molecule is NC(=O)c1ccc2[nH]nc(C3=COC=C(CC4=CC=CCC4)O3)c2c1. The van der Waals surface area contributed by atoms with Crippen molar-refractivity contribution in [1.82, 2.24) is 10.2 Å². The van der Waals surface area contributed by atoms with Gasteiger partial charge in [0.15, 0.2) is 5.76 Å². The molecule has 1 aliphatic heterocycles. The molecule has 0 saturated heterocycles. The third kappa shape index (κ3) is 3.06. The molecule has 1 amide bonds. The van der Waals surface area contributed by atoms with E-state index < -0.39 is 5.91 Å². The Morgan fingerprint density at radius 3 is 3.04 bits per heavy atom. The van der Waals surface area contributed by atoms with E-state index in [4.69, 9.17) is 15.2 Å². The molecule has 1 aromatic heterocycles. The van der Waals surface area contributed by atoms with Crippen LogP contribution in [0, 0.1) is 0 Å². The summed E-state index contributed by atoms with van der Waals surface area (Å²) in [5.74, 6) is 0.736. The van der Waals surface area contributed by atoms with Crippen LogP contribution in [0.2, 0.25) is 0 Å². The van der Waals surface area contributed by atoms with E-state index in [1.807, 2.05) is 0 Å². The first-order valence-electron chi connectivity index (χ1n) is 8.06. The minimum absolute atomic E-state index is 0.419. The minimum Gasteiger partial charge on any atom is -0.465 e. The molecule has 126 valence electrons. The van der Waals surface area contributed by atoms with E-state index in [1.165, 1.54) is 11.8 Å². The number of fused-ring (bicyclic) bond motifs is 1. The first kappa shape index (κ1) is 15.3. The first-order chi connectivity index (χ1) is 12.2. The van der Waals surface area contributed by atoms with Gasteiger partial charge < -0.3 is 15.2 Å². The van der Waals surface area contributed by atoms with Crippen LogP contribution in [-0.4, -0.2) is 16.1 Å². The van der Waals surface area contributed by atoms with Crippen molar-refractivity contribution in [2.24, 2.45) is 5.73 Å². The predicted molar refractivity (Wildman–Crippen MR) is 93.9 cm³/mol. The number of amides is 1. The lowest BCUT2D eigenvalue weighted by Gasteiger charge is -2.17. The Bertz CT molecular complexity index is 963. The van der Waals surface area contributed by atoms with Crippen molar-refractivity contribution in [2.45, 2.75) is 19.3 Å². The van der Waals surface area contributed by atoms with Gasteiger partial charge in [-0.05, 0) is 31.0 Å². The number of hydrogen-bond acceptors (Lipinski definition) is 4. The van der Waals surface area contributed by atoms with Crippen LogP contribution in [0.5, 0.6) is 0 Å². The summed E-state index contributed by atoms with van der Waals surface area (Å²) in [5, 5.41) is 7.98. The lowest BCUT2D eigenvalue weighted by atomic mass is 10.0. The highest BCUT2D eigenvalue weighted by molar-refractivity contribution is 5.99. The number of nitrogens with one attached hydrogen (secondary N) is 1. The van der Waals surface area contributed by atoms with Gasteiger partial charge in [-0.25, -0.2) is 0 Å². The highest BCUT2D eigenvalue weighted by atomic mass is 16.5. The third-order valence-corrected chi connectivity index (χ3v) is 4.20. The second-order valence-corrected chi connectivity index (χ2v) is 5.97. The van der Waals surface area contributed by atoms with E-state index in [2.05, 4.69) is 28.4 Å². The normalized spacial score (nSPS) is 16.6. The van der Waals surface area contributed by atoms with Gasteiger partial charge in [0.2, 0.25) is 5.91 Å². The van der Waals surface area contributed by atoms with Gasteiger partial charge in [0, 0.05) is 17.4 Å². The smallest absolute Gasteiger partial charge is 0.248 e. The summed E-state index contributed by atoms with van der Waals surface area (Å²) in [5.41, 5.74) is 8.46. The highest BCUT2D eigenvalue weighted by Gasteiger charge is 2.19. The van der Waals surface area contributed by atoms with Gasteiger partial charge in [-0.2, -0.15) is 5.10 Å². The Morgan fingerprint density at radius 2 is 2.24 bits per heavy atom. The second kappa shape index (κ2) is 6.32.